The van der Waals surface area contributed by atoms with Crippen molar-refractivity contribution in [1.82, 2.24) is 24.4 Å². The molecule has 4 rings (SSSR count). The van der Waals surface area contributed by atoms with Crippen molar-refractivity contribution >= 4 is 17.0 Å². The van der Waals surface area contributed by atoms with Gasteiger partial charge < -0.3 is 19.4 Å². The van der Waals surface area contributed by atoms with E-state index in [1.807, 2.05) is 24.3 Å². The summed E-state index contributed by atoms with van der Waals surface area (Å²) in [5, 5.41) is 3.45. The van der Waals surface area contributed by atoms with E-state index in [4.69, 9.17) is 14.5 Å². The Hall–Kier alpha value is -2.71. The van der Waals surface area contributed by atoms with Crippen molar-refractivity contribution in [2.75, 3.05) is 51.8 Å². The van der Waals surface area contributed by atoms with Crippen LogP contribution in [0.1, 0.15) is 19.9 Å². The predicted molar refractivity (Wildman–Crippen MR) is 113 cm³/mol. The second-order valence-corrected chi connectivity index (χ2v) is 7.40. The molecule has 0 amide bonds. The third kappa shape index (κ3) is 4.18. The van der Waals surface area contributed by atoms with Crippen LogP contribution in [0.5, 0.6) is 5.75 Å². The van der Waals surface area contributed by atoms with E-state index in [0.717, 1.165) is 73.5 Å². The number of rotatable bonds is 7. The summed E-state index contributed by atoms with van der Waals surface area (Å²) in [4.78, 5) is 16.3. The molecular weight excluding hydrogens is 368 g/mol. The van der Waals surface area contributed by atoms with E-state index >= 15 is 0 Å². The molecule has 0 bridgehead atoms. The average Bonchev–Trinajstić information content (AvgIpc) is 3.15. The van der Waals surface area contributed by atoms with Crippen LogP contribution in [0.3, 0.4) is 0 Å². The standard InChI is InChI=1S/C21H28N6O2/c1-15(2)27-20(16-4-6-17(28-3)7-5-16)25-18-19(23-14-24-21(18)27)22-8-9-26-10-12-29-13-11-26/h4-7,14-15H,8-13H2,1-3H3,(H,22,23,24). The summed E-state index contributed by atoms with van der Waals surface area (Å²) in [5.74, 6) is 2.48. The normalized spacial score (nSPS) is 15.2. The maximum atomic E-state index is 5.41. The van der Waals surface area contributed by atoms with E-state index < -0.39 is 0 Å². The average molecular weight is 396 g/mol. The Bertz CT molecular complexity index is 948. The molecule has 1 aromatic carbocycles. The third-order valence-electron chi connectivity index (χ3n) is 5.17. The van der Waals surface area contributed by atoms with Crippen LogP contribution in [0.2, 0.25) is 0 Å². The van der Waals surface area contributed by atoms with Gasteiger partial charge >= 0.3 is 0 Å². The lowest BCUT2D eigenvalue weighted by molar-refractivity contribution is 0.0398. The quantitative estimate of drug-likeness (QED) is 0.658. The largest absolute Gasteiger partial charge is 0.497 e. The van der Waals surface area contributed by atoms with Crippen LogP contribution < -0.4 is 10.1 Å². The van der Waals surface area contributed by atoms with Crippen molar-refractivity contribution < 1.29 is 9.47 Å². The van der Waals surface area contributed by atoms with Gasteiger partial charge in [-0.15, -0.1) is 0 Å². The van der Waals surface area contributed by atoms with Crippen LogP contribution in [-0.4, -0.2) is 70.9 Å². The zero-order chi connectivity index (χ0) is 20.2. The van der Waals surface area contributed by atoms with Gasteiger partial charge in [0, 0.05) is 37.8 Å². The van der Waals surface area contributed by atoms with Gasteiger partial charge in [-0.05, 0) is 38.1 Å². The molecule has 1 aliphatic heterocycles. The Kier molecular flexibility index (Phi) is 5.92. The highest BCUT2D eigenvalue weighted by Crippen LogP contribution is 2.30. The SMILES string of the molecule is COc1ccc(-c2nc3c(NCCN4CCOCC4)ncnc3n2C(C)C)cc1. The summed E-state index contributed by atoms with van der Waals surface area (Å²) in [6, 6.07) is 8.17. The van der Waals surface area contributed by atoms with E-state index in [1.165, 1.54) is 0 Å². The zero-order valence-electron chi connectivity index (χ0n) is 17.3. The van der Waals surface area contributed by atoms with Crippen LogP contribution in [0.25, 0.3) is 22.6 Å². The smallest absolute Gasteiger partial charge is 0.166 e. The molecule has 0 atom stereocenters. The zero-order valence-corrected chi connectivity index (χ0v) is 17.3. The molecule has 29 heavy (non-hydrogen) atoms. The highest BCUT2D eigenvalue weighted by Gasteiger charge is 2.19. The first-order valence-electron chi connectivity index (χ1n) is 10.1. The van der Waals surface area contributed by atoms with E-state index in [2.05, 4.69) is 38.6 Å². The van der Waals surface area contributed by atoms with Crippen molar-refractivity contribution in [1.29, 1.82) is 0 Å². The lowest BCUT2D eigenvalue weighted by Gasteiger charge is -2.26. The number of hydrogen-bond donors (Lipinski definition) is 1. The Labute approximate surface area is 170 Å². The second-order valence-electron chi connectivity index (χ2n) is 7.40. The molecule has 0 saturated carbocycles. The third-order valence-corrected chi connectivity index (χ3v) is 5.17. The second kappa shape index (κ2) is 8.75. The number of methoxy groups -OCH3 is 1. The molecule has 0 spiro atoms. The summed E-state index contributed by atoms with van der Waals surface area (Å²) in [7, 11) is 1.67. The first-order chi connectivity index (χ1) is 14.2. The minimum atomic E-state index is 0.216. The van der Waals surface area contributed by atoms with Crippen LogP contribution in [0.15, 0.2) is 30.6 Å². The summed E-state index contributed by atoms with van der Waals surface area (Å²) in [6.07, 6.45) is 1.61. The summed E-state index contributed by atoms with van der Waals surface area (Å²) in [5.41, 5.74) is 2.67. The number of nitrogens with one attached hydrogen (secondary N) is 1. The topological polar surface area (TPSA) is 77.3 Å². The molecule has 8 nitrogen and oxygen atoms in total. The lowest BCUT2D eigenvalue weighted by Crippen LogP contribution is -2.39. The molecule has 1 fully saturated rings. The first kappa shape index (κ1) is 19.6. The molecule has 8 heteroatoms. The van der Waals surface area contributed by atoms with Gasteiger partial charge in [-0.25, -0.2) is 15.0 Å². The predicted octanol–water partition coefficient (Wildman–Crippen LogP) is 2.83. The highest BCUT2D eigenvalue weighted by atomic mass is 16.5. The number of aromatic nitrogens is 4. The Morgan fingerprint density at radius 1 is 1.14 bits per heavy atom. The minimum absolute atomic E-state index is 0.216. The lowest BCUT2D eigenvalue weighted by atomic mass is 10.2. The molecule has 3 aromatic rings. The molecule has 1 aliphatic rings. The van der Waals surface area contributed by atoms with Gasteiger partial charge in [0.25, 0.3) is 0 Å². The monoisotopic (exact) mass is 396 g/mol. The number of fused-ring (bicyclic) bond motifs is 1. The fourth-order valence-electron chi connectivity index (χ4n) is 3.63. The van der Waals surface area contributed by atoms with Crippen LogP contribution in [0.4, 0.5) is 5.82 Å². The van der Waals surface area contributed by atoms with Crippen molar-refractivity contribution in [3.63, 3.8) is 0 Å². The number of ether oxygens (including phenoxy) is 2. The molecule has 154 valence electrons. The van der Waals surface area contributed by atoms with Gasteiger partial charge in [0.2, 0.25) is 0 Å². The fraction of sp³-hybridized carbons (Fsp3) is 0.476. The van der Waals surface area contributed by atoms with Crippen molar-refractivity contribution in [2.24, 2.45) is 0 Å². The Balaban J connectivity index is 1.62. The van der Waals surface area contributed by atoms with Crippen LogP contribution in [-0.2, 0) is 4.74 Å². The minimum Gasteiger partial charge on any atom is -0.497 e. The number of nitrogens with zero attached hydrogens (tertiary/aromatic N) is 5. The summed E-state index contributed by atoms with van der Waals surface area (Å²) < 4.78 is 12.9. The molecule has 0 radical (unpaired) electrons. The van der Waals surface area contributed by atoms with Gasteiger partial charge in [-0.1, -0.05) is 0 Å². The number of benzene rings is 1. The maximum absolute atomic E-state index is 5.41. The Morgan fingerprint density at radius 2 is 1.90 bits per heavy atom. The highest BCUT2D eigenvalue weighted by molar-refractivity contribution is 5.86. The van der Waals surface area contributed by atoms with Crippen molar-refractivity contribution in [2.45, 2.75) is 19.9 Å². The van der Waals surface area contributed by atoms with Gasteiger partial charge in [0.15, 0.2) is 17.0 Å². The molecule has 0 unspecified atom stereocenters. The van der Waals surface area contributed by atoms with Gasteiger partial charge in [0.1, 0.15) is 17.9 Å². The van der Waals surface area contributed by atoms with E-state index in [9.17, 15) is 0 Å². The number of morpholine rings is 1. The molecule has 1 saturated heterocycles. The molecule has 1 N–H and O–H groups in total. The molecule has 3 heterocycles. The van der Waals surface area contributed by atoms with Crippen LogP contribution in [0, 0.1) is 0 Å². The molecule has 0 aliphatic carbocycles. The summed E-state index contributed by atoms with van der Waals surface area (Å²) in [6.45, 7) is 9.60. The van der Waals surface area contributed by atoms with E-state index in [-0.39, 0.29) is 6.04 Å². The van der Waals surface area contributed by atoms with Crippen LogP contribution >= 0.6 is 0 Å². The molecular formula is C21H28N6O2. The van der Waals surface area contributed by atoms with Gasteiger partial charge in [0.05, 0.1) is 20.3 Å². The van der Waals surface area contributed by atoms with Crippen molar-refractivity contribution in [3.8, 4) is 17.1 Å². The Morgan fingerprint density at radius 3 is 2.59 bits per heavy atom. The number of imidazole rings is 1. The first-order valence-corrected chi connectivity index (χ1v) is 10.1. The summed E-state index contributed by atoms with van der Waals surface area (Å²) >= 11 is 0. The van der Waals surface area contributed by atoms with Crippen molar-refractivity contribution in [3.05, 3.63) is 30.6 Å². The maximum Gasteiger partial charge on any atom is 0.166 e. The van der Waals surface area contributed by atoms with E-state index in [1.54, 1.807) is 13.4 Å². The number of anilines is 1. The molecule has 2 aromatic heterocycles. The number of hydrogen-bond acceptors (Lipinski definition) is 7. The van der Waals surface area contributed by atoms with E-state index in [0.29, 0.717) is 0 Å². The van der Waals surface area contributed by atoms with Gasteiger partial charge in [-0.3, -0.25) is 4.90 Å². The fourth-order valence-corrected chi connectivity index (χ4v) is 3.63. The van der Waals surface area contributed by atoms with Gasteiger partial charge in [-0.2, -0.15) is 0 Å².